The van der Waals surface area contributed by atoms with Gasteiger partial charge in [-0.3, -0.25) is 4.98 Å². The van der Waals surface area contributed by atoms with E-state index < -0.39 is 17.9 Å². The highest BCUT2D eigenvalue weighted by Crippen LogP contribution is 2.25. The molecular weight excluding hydrogens is 161 g/mol. The lowest BCUT2D eigenvalue weighted by Crippen LogP contribution is -2.08. The third kappa shape index (κ3) is 1.46. The number of alkyl halides is 3. The molecule has 0 aromatic carbocycles. The number of aromatic nitrogens is 3. The monoisotopic (exact) mass is 161 g/mol. The molecule has 0 saturated carbocycles. The third-order valence-corrected chi connectivity index (χ3v) is 0.794. The lowest BCUT2D eigenvalue weighted by Gasteiger charge is -1.97. The summed E-state index contributed by atoms with van der Waals surface area (Å²) < 4.78 is 35.0. The molecule has 0 N–H and O–H groups in total. The van der Waals surface area contributed by atoms with E-state index in [0.29, 0.717) is 0 Å². The van der Waals surface area contributed by atoms with Crippen LogP contribution in [-0.4, -0.2) is 10.2 Å². The summed E-state index contributed by atoms with van der Waals surface area (Å²) in [4.78, 5) is 5.37. The summed E-state index contributed by atoms with van der Waals surface area (Å²) in [7, 11) is 0. The molecule has 0 bridgehead atoms. The van der Waals surface area contributed by atoms with Crippen LogP contribution in [0, 0.1) is 6.57 Å². The first-order chi connectivity index (χ1) is 5.04. The molecule has 1 heterocycles. The molecule has 0 aliphatic heterocycles. The van der Waals surface area contributed by atoms with Gasteiger partial charge < -0.3 is 4.85 Å². The van der Waals surface area contributed by atoms with Gasteiger partial charge in [0, 0.05) is 0 Å². The van der Waals surface area contributed by atoms with Crippen LogP contribution in [0.25, 0.3) is 4.85 Å². The van der Waals surface area contributed by atoms with Crippen molar-refractivity contribution in [2.24, 2.45) is 0 Å². The second-order valence-corrected chi connectivity index (χ2v) is 1.54. The van der Waals surface area contributed by atoms with Gasteiger partial charge in [0.2, 0.25) is 5.82 Å². The molecule has 11 heavy (non-hydrogen) atoms. The first kappa shape index (κ1) is 7.53. The Balaban J connectivity index is 3.01. The van der Waals surface area contributed by atoms with Crippen LogP contribution in [0.5, 0.6) is 0 Å². The van der Waals surface area contributed by atoms with Crippen LogP contribution in [0.2, 0.25) is 0 Å². The molecule has 0 atom stereocenters. The molecule has 0 aliphatic carbocycles. The van der Waals surface area contributed by atoms with Gasteiger partial charge in [-0.1, -0.05) is 0 Å². The highest BCUT2D eigenvalue weighted by atomic mass is 19.4. The van der Waals surface area contributed by atoms with Crippen LogP contribution in [0.15, 0.2) is 0 Å². The van der Waals surface area contributed by atoms with Gasteiger partial charge >= 0.3 is 6.18 Å². The lowest BCUT2D eigenvalue weighted by atomic mass is 10.6. The fourth-order valence-electron chi connectivity index (χ4n) is 0.399. The highest BCUT2D eigenvalue weighted by Gasteiger charge is 2.34. The van der Waals surface area contributed by atoms with Gasteiger partial charge in [-0.15, -0.1) is 5.10 Å². The zero-order valence-corrected chi connectivity index (χ0v) is 4.92. The van der Waals surface area contributed by atoms with Crippen LogP contribution >= 0.6 is 0 Å². The fraction of sp³-hybridized carbons (Fsp3) is 0.250. The Kier molecular flexibility index (Phi) is 1.53. The van der Waals surface area contributed by atoms with Gasteiger partial charge in [0.15, 0.2) is 5.95 Å². The van der Waals surface area contributed by atoms with Crippen molar-refractivity contribution in [1.29, 1.82) is 0 Å². The zero-order chi connectivity index (χ0) is 8.48. The molecule has 1 rings (SSSR count). The number of hydrogen-bond acceptors (Lipinski definition) is 2. The second-order valence-electron chi connectivity index (χ2n) is 1.54. The zero-order valence-electron chi connectivity index (χ0n) is 4.92. The minimum Gasteiger partial charge on any atom is -0.534 e. The Hall–Kier alpha value is -1.58. The van der Waals surface area contributed by atoms with Crippen molar-refractivity contribution in [2.45, 2.75) is 6.18 Å². The minimum absolute atomic E-state index is 0.586. The van der Waals surface area contributed by atoms with Crippen molar-refractivity contribution in [3.05, 3.63) is 17.2 Å². The van der Waals surface area contributed by atoms with E-state index in [0.717, 1.165) is 0 Å². The summed E-state index contributed by atoms with van der Waals surface area (Å²) >= 11 is 0. The van der Waals surface area contributed by atoms with E-state index >= 15 is 0 Å². The molecule has 0 amide bonds. The van der Waals surface area contributed by atoms with Gasteiger partial charge in [-0.25, -0.2) is 6.57 Å². The van der Waals surface area contributed by atoms with Crippen molar-refractivity contribution in [3.63, 3.8) is 0 Å². The molecule has 0 fully saturated rings. The summed E-state index contributed by atoms with van der Waals surface area (Å²) in [5.41, 5.74) is 0. The molecule has 58 valence electrons. The van der Waals surface area contributed by atoms with Gasteiger partial charge in [-0.05, 0) is 0 Å². The molecule has 0 spiro atoms. The number of hydrogen-bond donors (Lipinski definition) is 0. The maximum absolute atomic E-state index is 11.7. The first-order valence-electron chi connectivity index (χ1n) is 2.36. The van der Waals surface area contributed by atoms with Gasteiger partial charge in [-0.2, -0.15) is 18.3 Å². The van der Waals surface area contributed by atoms with Crippen LogP contribution in [0.4, 0.5) is 19.1 Å². The quantitative estimate of drug-likeness (QED) is 0.533. The number of rotatable bonds is 0. The molecule has 7 heteroatoms. The predicted molar refractivity (Wildman–Crippen MR) is 26.6 cm³/mol. The third-order valence-electron chi connectivity index (χ3n) is 0.794. The predicted octanol–water partition coefficient (Wildman–Crippen LogP) is 1.00. The van der Waals surface area contributed by atoms with Crippen molar-refractivity contribution < 1.29 is 13.2 Å². The summed E-state index contributed by atoms with van der Waals surface area (Å²) in [6.07, 6.45) is -4.62. The summed E-state index contributed by atoms with van der Waals surface area (Å²) in [5.74, 6) is -1.96. The van der Waals surface area contributed by atoms with E-state index in [1.807, 2.05) is 0 Å². The smallest absolute Gasteiger partial charge is 0.451 e. The van der Waals surface area contributed by atoms with E-state index in [-0.39, 0.29) is 0 Å². The minimum atomic E-state index is -4.62. The maximum atomic E-state index is 11.7. The van der Waals surface area contributed by atoms with Gasteiger partial charge in [0.1, 0.15) is 0 Å². The van der Waals surface area contributed by atoms with E-state index in [9.17, 15) is 13.2 Å². The standard InChI is InChI=1S/C4F3N4/c1-8-3-9-2(10-11-3)4(5,6)7/q-1. The SMILES string of the molecule is [C-]#[N+]c1nnc(C(F)(F)F)[n-]1. The average molecular weight is 161 g/mol. The number of halogens is 3. The summed E-state index contributed by atoms with van der Waals surface area (Å²) in [6.45, 7) is 6.25. The number of nitrogens with zero attached hydrogens (tertiary/aromatic N) is 4. The molecule has 1 aromatic heterocycles. The molecular formula is C4F3N4-. The van der Waals surface area contributed by atoms with Crippen LogP contribution in [0.3, 0.4) is 0 Å². The van der Waals surface area contributed by atoms with E-state index in [2.05, 4.69) is 20.0 Å². The molecule has 0 radical (unpaired) electrons. The summed E-state index contributed by atoms with van der Waals surface area (Å²) in [6, 6.07) is 0. The molecule has 0 unspecified atom stereocenters. The molecule has 1 aromatic rings. The average Bonchev–Trinajstić information content (AvgIpc) is 2.32. The van der Waals surface area contributed by atoms with Crippen LogP contribution in [-0.2, 0) is 6.18 Å². The van der Waals surface area contributed by atoms with E-state index in [4.69, 9.17) is 6.57 Å². The van der Waals surface area contributed by atoms with Crippen LogP contribution in [0.1, 0.15) is 5.82 Å². The molecule has 4 nitrogen and oxygen atoms in total. The van der Waals surface area contributed by atoms with Crippen LogP contribution < -0.4 is 4.98 Å². The molecule has 0 aliphatic rings. The second kappa shape index (κ2) is 2.23. The Bertz CT molecular complexity index is 293. The van der Waals surface area contributed by atoms with Gasteiger partial charge in [0.05, 0.1) is 0 Å². The van der Waals surface area contributed by atoms with Crippen molar-refractivity contribution in [2.75, 3.05) is 0 Å². The topological polar surface area (TPSA) is 44.2 Å². The van der Waals surface area contributed by atoms with Crippen molar-refractivity contribution >= 4 is 5.95 Å². The van der Waals surface area contributed by atoms with Crippen molar-refractivity contribution in [1.82, 2.24) is 15.2 Å². The summed E-state index contributed by atoms with van der Waals surface area (Å²) in [5, 5.41) is 5.52. The highest BCUT2D eigenvalue weighted by molar-refractivity contribution is 5.22. The molecule has 0 saturated heterocycles. The van der Waals surface area contributed by atoms with E-state index in [1.54, 1.807) is 0 Å². The lowest BCUT2D eigenvalue weighted by molar-refractivity contribution is -0.145. The Labute approximate surface area is 58.9 Å². The van der Waals surface area contributed by atoms with Crippen molar-refractivity contribution in [3.8, 4) is 0 Å². The maximum Gasteiger partial charge on any atom is 0.451 e. The Morgan fingerprint density at radius 2 is 2.00 bits per heavy atom. The fourth-order valence-corrected chi connectivity index (χ4v) is 0.399. The largest absolute Gasteiger partial charge is 0.534 e. The Morgan fingerprint density at radius 1 is 1.36 bits per heavy atom. The van der Waals surface area contributed by atoms with Gasteiger partial charge in [0.25, 0.3) is 0 Å². The Morgan fingerprint density at radius 3 is 2.27 bits per heavy atom. The normalized spacial score (nSPS) is 11.1. The van der Waals surface area contributed by atoms with E-state index in [1.165, 1.54) is 0 Å². The first-order valence-corrected chi connectivity index (χ1v) is 2.36.